The molecule has 1 heterocycles. The smallest absolute Gasteiger partial charge is 0.320 e. The molecule has 3 aromatic carbocycles. The lowest BCUT2D eigenvalue weighted by Gasteiger charge is -2.17. The molecule has 4 aromatic rings. The van der Waals surface area contributed by atoms with Crippen molar-refractivity contribution in [1.82, 2.24) is 15.5 Å². The highest BCUT2D eigenvalue weighted by Gasteiger charge is 2.23. The number of hydrogen-bond donors (Lipinski definition) is 2. The zero-order chi connectivity index (χ0) is 20.9. The van der Waals surface area contributed by atoms with Gasteiger partial charge in [0.2, 0.25) is 11.8 Å². The second-order valence-corrected chi connectivity index (χ2v) is 7.07. The molecule has 1 aromatic heterocycles. The first kappa shape index (κ1) is 19.4. The van der Waals surface area contributed by atoms with Gasteiger partial charge in [-0.2, -0.15) is 0 Å². The number of carbonyl (C=O) groups excluding carboxylic acids is 1. The van der Waals surface area contributed by atoms with E-state index < -0.39 is 6.04 Å². The summed E-state index contributed by atoms with van der Waals surface area (Å²) in [5, 5.41) is 14.2. The molecular weight excluding hydrogens is 376 g/mol. The Morgan fingerprint density at radius 2 is 1.60 bits per heavy atom. The number of amides is 2. The van der Waals surface area contributed by atoms with Gasteiger partial charge < -0.3 is 15.1 Å². The predicted molar refractivity (Wildman–Crippen MR) is 116 cm³/mol. The molecule has 0 aliphatic rings. The zero-order valence-electron chi connectivity index (χ0n) is 16.8. The summed E-state index contributed by atoms with van der Waals surface area (Å²) < 4.78 is 5.92. The average molecular weight is 398 g/mol. The van der Waals surface area contributed by atoms with E-state index in [2.05, 4.69) is 20.8 Å². The van der Waals surface area contributed by atoms with Crippen LogP contribution >= 0.6 is 0 Å². The van der Waals surface area contributed by atoms with Crippen molar-refractivity contribution in [2.75, 3.05) is 5.32 Å². The summed E-state index contributed by atoms with van der Waals surface area (Å²) in [6, 6.07) is 24.1. The molecule has 2 amide bonds. The van der Waals surface area contributed by atoms with E-state index in [1.165, 1.54) is 0 Å². The second kappa shape index (κ2) is 8.61. The Morgan fingerprint density at radius 3 is 2.33 bits per heavy atom. The van der Waals surface area contributed by atoms with Gasteiger partial charge in [0.1, 0.15) is 6.04 Å². The van der Waals surface area contributed by atoms with Gasteiger partial charge in [-0.3, -0.25) is 0 Å². The maximum atomic E-state index is 12.8. The minimum atomic E-state index is -0.582. The highest BCUT2D eigenvalue weighted by molar-refractivity contribution is 5.90. The summed E-state index contributed by atoms with van der Waals surface area (Å²) in [6.45, 7) is 3.94. The monoisotopic (exact) mass is 398 g/mol. The van der Waals surface area contributed by atoms with Gasteiger partial charge in [0.15, 0.2) is 0 Å². The molecule has 0 radical (unpaired) electrons. The molecule has 0 spiro atoms. The standard InChI is InChI=1S/C24H22N4O2/c1-16-13-14-17(2)20(15-16)25-24(29)26-21(18-9-5-3-6-10-18)23-28-27-22(30-23)19-11-7-4-8-12-19/h3-15,21H,1-2H3,(H2,25,26,29)/t21-/m0/s1. The van der Waals surface area contributed by atoms with E-state index in [0.29, 0.717) is 11.8 Å². The quantitative estimate of drug-likeness (QED) is 0.480. The fraction of sp³-hybridized carbons (Fsp3) is 0.125. The van der Waals surface area contributed by atoms with Crippen LogP contribution in [0.2, 0.25) is 0 Å². The fourth-order valence-electron chi connectivity index (χ4n) is 3.14. The van der Waals surface area contributed by atoms with Crippen molar-refractivity contribution < 1.29 is 9.21 Å². The van der Waals surface area contributed by atoms with Crippen LogP contribution in [0.5, 0.6) is 0 Å². The van der Waals surface area contributed by atoms with Crippen molar-refractivity contribution in [2.24, 2.45) is 0 Å². The van der Waals surface area contributed by atoms with Crippen LogP contribution in [-0.2, 0) is 0 Å². The Kier molecular flexibility index (Phi) is 5.57. The second-order valence-electron chi connectivity index (χ2n) is 7.07. The molecule has 6 nitrogen and oxygen atoms in total. The first-order valence-electron chi connectivity index (χ1n) is 9.69. The van der Waals surface area contributed by atoms with Crippen molar-refractivity contribution in [3.63, 3.8) is 0 Å². The number of carbonyl (C=O) groups is 1. The van der Waals surface area contributed by atoms with Gasteiger partial charge in [0.25, 0.3) is 0 Å². The third-order valence-electron chi connectivity index (χ3n) is 4.76. The Morgan fingerprint density at radius 1 is 0.900 bits per heavy atom. The molecule has 0 aliphatic heterocycles. The number of aromatic nitrogens is 2. The average Bonchev–Trinajstić information content (AvgIpc) is 3.26. The lowest BCUT2D eigenvalue weighted by Crippen LogP contribution is -2.33. The molecule has 1 atom stereocenters. The molecule has 0 bridgehead atoms. The van der Waals surface area contributed by atoms with Gasteiger partial charge in [-0.1, -0.05) is 60.7 Å². The van der Waals surface area contributed by atoms with E-state index in [1.807, 2.05) is 92.7 Å². The molecule has 0 aliphatic carbocycles. The normalized spacial score (nSPS) is 11.7. The number of nitrogens with one attached hydrogen (secondary N) is 2. The Balaban J connectivity index is 1.60. The largest absolute Gasteiger partial charge is 0.418 e. The summed E-state index contributed by atoms with van der Waals surface area (Å²) in [5.74, 6) is 0.722. The SMILES string of the molecule is Cc1ccc(C)c(NC(=O)N[C@@H](c2ccccc2)c2nnc(-c3ccccc3)o2)c1. The van der Waals surface area contributed by atoms with E-state index in [4.69, 9.17) is 4.42 Å². The van der Waals surface area contributed by atoms with Crippen LogP contribution in [0.25, 0.3) is 11.5 Å². The van der Waals surface area contributed by atoms with Crippen LogP contribution in [0.3, 0.4) is 0 Å². The van der Waals surface area contributed by atoms with E-state index in [-0.39, 0.29) is 6.03 Å². The number of urea groups is 1. The predicted octanol–water partition coefficient (Wildman–Crippen LogP) is 5.26. The van der Waals surface area contributed by atoms with Gasteiger partial charge in [0.05, 0.1) is 0 Å². The van der Waals surface area contributed by atoms with Crippen molar-refractivity contribution in [3.05, 3.63) is 101 Å². The third kappa shape index (κ3) is 4.38. The minimum Gasteiger partial charge on any atom is -0.418 e. The van der Waals surface area contributed by atoms with Gasteiger partial charge in [-0.05, 0) is 48.7 Å². The van der Waals surface area contributed by atoms with Crippen LogP contribution in [0.1, 0.15) is 28.6 Å². The van der Waals surface area contributed by atoms with Gasteiger partial charge in [-0.15, -0.1) is 10.2 Å². The number of anilines is 1. The molecule has 0 fully saturated rings. The number of benzene rings is 3. The van der Waals surface area contributed by atoms with Crippen molar-refractivity contribution >= 4 is 11.7 Å². The highest BCUT2D eigenvalue weighted by Crippen LogP contribution is 2.25. The summed E-state index contributed by atoms with van der Waals surface area (Å²) >= 11 is 0. The maximum Gasteiger partial charge on any atom is 0.320 e. The molecule has 0 unspecified atom stereocenters. The van der Waals surface area contributed by atoms with E-state index in [0.717, 1.165) is 27.9 Å². The van der Waals surface area contributed by atoms with Crippen LogP contribution in [0.4, 0.5) is 10.5 Å². The summed E-state index contributed by atoms with van der Waals surface area (Å²) in [7, 11) is 0. The molecule has 4 rings (SSSR count). The zero-order valence-corrected chi connectivity index (χ0v) is 16.8. The Hall–Kier alpha value is -3.93. The van der Waals surface area contributed by atoms with E-state index in [9.17, 15) is 4.79 Å². The van der Waals surface area contributed by atoms with Crippen LogP contribution < -0.4 is 10.6 Å². The molecule has 150 valence electrons. The van der Waals surface area contributed by atoms with Crippen LogP contribution in [0, 0.1) is 13.8 Å². The Labute approximate surface area is 175 Å². The van der Waals surface area contributed by atoms with Crippen molar-refractivity contribution in [2.45, 2.75) is 19.9 Å². The van der Waals surface area contributed by atoms with Gasteiger partial charge in [-0.25, -0.2) is 4.79 Å². The van der Waals surface area contributed by atoms with Crippen LogP contribution in [-0.4, -0.2) is 16.2 Å². The topological polar surface area (TPSA) is 80.0 Å². The fourth-order valence-corrected chi connectivity index (χ4v) is 3.14. The third-order valence-corrected chi connectivity index (χ3v) is 4.76. The Bertz CT molecular complexity index is 1140. The summed E-state index contributed by atoms with van der Waals surface area (Å²) in [4.78, 5) is 12.8. The first-order chi connectivity index (χ1) is 14.6. The van der Waals surface area contributed by atoms with Crippen molar-refractivity contribution in [1.29, 1.82) is 0 Å². The summed E-state index contributed by atoms with van der Waals surface area (Å²) in [6.07, 6.45) is 0. The van der Waals surface area contributed by atoms with Gasteiger partial charge in [0, 0.05) is 11.3 Å². The number of nitrogens with zero attached hydrogens (tertiary/aromatic N) is 2. The van der Waals surface area contributed by atoms with Crippen LogP contribution in [0.15, 0.2) is 83.3 Å². The molecule has 0 saturated carbocycles. The van der Waals surface area contributed by atoms with Crippen molar-refractivity contribution in [3.8, 4) is 11.5 Å². The number of hydrogen-bond acceptors (Lipinski definition) is 4. The number of rotatable bonds is 5. The number of aryl methyl sites for hydroxylation is 2. The molecular formula is C24H22N4O2. The molecule has 2 N–H and O–H groups in total. The highest BCUT2D eigenvalue weighted by atomic mass is 16.4. The lowest BCUT2D eigenvalue weighted by atomic mass is 10.1. The summed E-state index contributed by atoms with van der Waals surface area (Å²) in [5.41, 5.74) is 4.48. The lowest BCUT2D eigenvalue weighted by molar-refractivity contribution is 0.248. The maximum absolute atomic E-state index is 12.8. The van der Waals surface area contributed by atoms with E-state index >= 15 is 0 Å². The molecule has 30 heavy (non-hydrogen) atoms. The first-order valence-corrected chi connectivity index (χ1v) is 9.69. The molecule has 6 heteroatoms. The van der Waals surface area contributed by atoms with Gasteiger partial charge >= 0.3 is 6.03 Å². The molecule has 0 saturated heterocycles. The van der Waals surface area contributed by atoms with E-state index in [1.54, 1.807) is 0 Å². The minimum absolute atomic E-state index is 0.316.